The first-order valence-corrected chi connectivity index (χ1v) is 9.21. The van der Waals surface area contributed by atoms with Crippen molar-refractivity contribution in [2.45, 2.75) is 18.9 Å². The Labute approximate surface area is 141 Å². The van der Waals surface area contributed by atoms with Crippen LogP contribution in [0.1, 0.15) is 23.5 Å². The van der Waals surface area contributed by atoms with Gasteiger partial charge in [0.25, 0.3) is 10.2 Å². The van der Waals surface area contributed by atoms with Crippen molar-refractivity contribution in [2.24, 2.45) is 0 Å². The molecule has 0 bridgehead atoms. The Balaban J connectivity index is 1.51. The molecular weight excluding hydrogens is 326 g/mol. The SMILES string of the molecule is O=C1Nc2ccccc2[C@H]1CCNS(=O)(=O)NCc1ccccc1. The number of nitrogens with one attached hydrogen (secondary N) is 3. The van der Waals surface area contributed by atoms with Gasteiger partial charge in [-0.2, -0.15) is 13.1 Å². The Hall–Kier alpha value is -2.22. The van der Waals surface area contributed by atoms with Crippen molar-refractivity contribution < 1.29 is 13.2 Å². The maximum Gasteiger partial charge on any atom is 0.277 e. The van der Waals surface area contributed by atoms with Crippen molar-refractivity contribution in [3.63, 3.8) is 0 Å². The molecule has 0 aliphatic carbocycles. The van der Waals surface area contributed by atoms with E-state index in [1.54, 1.807) is 0 Å². The molecule has 2 aromatic rings. The molecule has 0 saturated heterocycles. The lowest BCUT2D eigenvalue weighted by Crippen LogP contribution is -2.37. The summed E-state index contributed by atoms with van der Waals surface area (Å²) < 4.78 is 28.9. The smallest absolute Gasteiger partial charge is 0.277 e. The van der Waals surface area contributed by atoms with E-state index in [-0.39, 0.29) is 24.9 Å². The standard InChI is InChI=1S/C17H19N3O3S/c21-17-15(14-8-4-5-9-16(14)20-17)10-11-18-24(22,23)19-12-13-6-2-1-3-7-13/h1-9,15,18-19H,10-12H2,(H,20,21)/t15-/m1/s1. The number of carbonyl (C=O) groups is 1. The summed E-state index contributed by atoms with van der Waals surface area (Å²) in [5, 5.41) is 2.81. The fraction of sp³-hybridized carbons (Fsp3) is 0.235. The predicted octanol–water partition coefficient (Wildman–Crippen LogP) is 1.74. The molecule has 1 aliphatic rings. The molecule has 3 rings (SSSR count). The van der Waals surface area contributed by atoms with Crippen LogP contribution in [-0.4, -0.2) is 20.9 Å². The number of hydrogen-bond donors (Lipinski definition) is 3. The van der Waals surface area contributed by atoms with Gasteiger partial charge in [0, 0.05) is 18.8 Å². The first-order valence-electron chi connectivity index (χ1n) is 7.73. The maximum atomic E-state index is 12.0. The third-order valence-electron chi connectivity index (χ3n) is 3.94. The number of anilines is 1. The molecule has 0 aromatic heterocycles. The van der Waals surface area contributed by atoms with E-state index in [1.807, 2.05) is 54.6 Å². The van der Waals surface area contributed by atoms with Gasteiger partial charge in [-0.25, -0.2) is 4.72 Å². The molecule has 2 aromatic carbocycles. The van der Waals surface area contributed by atoms with Gasteiger partial charge in [0.2, 0.25) is 5.91 Å². The van der Waals surface area contributed by atoms with Gasteiger partial charge in [-0.1, -0.05) is 48.5 Å². The number of hydrogen-bond acceptors (Lipinski definition) is 3. The van der Waals surface area contributed by atoms with E-state index in [2.05, 4.69) is 14.8 Å². The molecule has 24 heavy (non-hydrogen) atoms. The summed E-state index contributed by atoms with van der Waals surface area (Å²) in [6.07, 6.45) is 0.412. The second-order valence-corrected chi connectivity index (χ2v) is 7.21. The molecule has 1 heterocycles. The Morgan fingerprint density at radius 3 is 2.46 bits per heavy atom. The lowest BCUT2D eigenvalue weighted by atomic mass is 9.97. The molecule has 1 aliphatic heterocycles. The van der Waals surface area contributed by atoms with E-state index in [0.29, 0.717) is 6.42 Å². The number of rotatable bonds is 7. The summed E-state index contributed by atoms with van der Waals surface area (Å²) >= 11 is 0. The van der Waals surface area contributed by atoms with Crippen molar-refractivity contribution in [1.29, 1.82) is 0 Å². The van der Waals surface area contributed by atoms with Crippen LogP contribution in [0.15, 0.2) is 54.6 Å². The van der Waals surface area contributed by atoms with Crippen molar-refractivity contribution >= 4 is 21.8 Å². The molecule has 3 N–H and O–H groups in total. The van der Waals surface area contributed by atoms with Gasteiger partial charge in [-0.3, -0.25) is 4.79 Å². The molecule has 0 saturated carbocycles. The molecule has 0 radical (unpaired) electrons. The highest BCUT2D eigenvalue weighted by atomic mass is 32.2. The third-order valence-corrected chi connectivity index (χ3v) is 5.05. The van der Waals surface area contributed by atoms with Crippen LogP contribution >= 0.6 is 0 Å². The molecule has 0 spiro atoms. The predicted molar refractivity (Wildman–Crippen MR) is 92.6 cm³/mol. The number of para-hydroxylation sites is 1. The van der Waals surface area contributed by atoms with E-state index in [4.69, 9.17) is 0 Å². The summed E-state index contributed by atoms with van der Waals surface area (Å²) in [5.41, 5.74) is 2.60. The summed E-state index contributed by atoms with van der Waals surface area (Å²) in [6.45, 7) is 0.416. The minimum Gasteiger partial charge on any atom is -0.325 e. The van der Waals surface area contributed by atoms with E-state index < -0.39 is 10.2 Å². The zero-order valence-electron chi connectivity index (χ0n) is 13.0. The molecule has 126 valence electrons. The van der Waals surface area contributed by atoms with Gasteiger partial charge in [-0.15, -0.1) is 0 Å². The molecule has 1 atom stereocenters. The first-order chi connectivity index (χ1) is 11.6. The zero-order valence-corrected chi connectivity index (χ0v) is 13.8. The molecule has 0 unspecified atom stereocenters. The highest BCUT2D eigenvalue weighted by Gasteiger charge is 2.29. The van der Waals surface area contributed by atoms with Crippen molar-refractivity contribution in [3.8, 4) is 0 Å². The zero-order chi connectivity index (χ0) is 17.0. The number of carbonyl (C=O) groups excluding carboxylic acids is 1. The topological polar surface area (TPSA) is 87.3 Å². The minimum atomic E-state index is -3.60. The molecular formula is C17H19N3O3S. The highest BCUT2D eigenvalue weighted by molar-refractivity contribution is 7.87. The van der Waals surface area contributed by atoms with Gasteiger partial charge >= 0.3 is 0 Å². The van der Waals surface area contributed by atoms with Crippen LogP contribution in [0.3, 0.4) is 0 Å². The van der Waals surface area contributed by atoms with Crippen LogP contribution in [0.25, 0.3) is 0 Å². The third kappa shape index (κ3) is 4.00. The Morgan fingerprint density at radius 2 is 1.67 bits per heavy atom. The van der Waals surface area contributed by atoms with E-state index in [0.717, 1.165) is 16.8 Å². The second kappa shape index (κ2) is 7.12. The summed E-state index contributed by atoms with van der Waals surface area (Å²) in [7, 11) is -3.60. The van der Waals surface area contributed by atoms with Gasteiger partial charge in [0.1, 0.15) is 0 Å². The summed E-state index contributed by atoms with van der Waals surface area (Å²) in [6, 6.07) is 16.8. The maximum absolute atomic E-state index is 12.0. The lowest BCUT2D eigenvalue weighted by molar-refractivity contribution is -0.117. The van der Waals surface area contributed by atoms with Crippen molar-refractivity contribution in [3.05, 3.63) is 65.7 Å². The summed E-state index contributed by atoms with van der Waals surface area (Å²) in [4.78, 5) is 12.0. The number of fused-ring (bicyclic) bond motifs is 1. The second-order valence-electron chi connectivity index (χ2n) is 5.62. The van der Waals surface area contributed by atoms with Gasteiger partial charge in [0.05, 0.1) is 5.92 Å². The van der Waals surface area contributed by atoms with Crippen molar-refractivity contribution in [1.82, 2.24) is 9.44 Å². The average Bonchev–Trinajstić information content (AvgIpc) is 2.90. The molecule has 7 heteroatoms. The van der Waals surface area contributed by atoms with E-state index in [9.17, 15) is 13.2 Å². The van der Waals surface area contributed by atoms with Crippen LogP contribution in [0.4, 0.5) is 5.69 Å². The van der Waals surface area contributed by atoms with Crippen LogP contribution in [0, 0.1) is 0 Å². The number of amides is 1. The molecule has 0 fully saturated rings. The lowest BCUT2D eigenvalue weighted by Gasteiger charge is -2.11. The quantitative estimate of drug-likeness (QED) is 0.714. The largest absolute Gasteiger partial charge is 0.325 e. The highest BCUT2D eigenvalue weighted by Crippen LogP contribution is 2.33. The first kappa shape index (κ1) is 16.6. The van der Waals surface area contributed by atoms with Crippen LogP contribution in [0.2, 0.25) is 0 Å². The fourth-order valence-corrected chi connectivity index (χ4v) is 3.57. The van der Waals surface area contributed by atoms with Crippen LogP contribution < -0.4 is 14.8 Å². The normalized spacial score (nSPS) is 16.7. The van der Waals surface area contributed by atoms with Gasteiger partial charge < -0.3 is 5.32 Å². The van der Waals surface area contributed by atoms with Crippen molar-refractivity contribution in [2.75, 3.05) is 11.9 Å². The van der Waals surface area contributed by atoms with Crippen LogP contribution in [-0.2, 0) is 21.5 Å². The Bertz CT molecular complexity index is 822. The Morgan fingerprint density at radius 1 is 0.958 bits per heavy atom. The van der Waals surface area contributed by atoms with Crippen LogP contribution in [0.5, 0.6) is 0 Å². The monoisotopic (exact) mass is 345 g/mol. The molecule has 6 nitrogen and oxygen atoms in total. The van der Waals surface area contributed by atoms with Gasteiger partial charge in [-0.05, 0) is 23.6 Å². The fourth-order valence-electron chi connectivity index (χ4n) is 2.73. The van der Waals surface area contributed by atoms with E-state index in [1.165, 1.54) is 0 Å². The molecule has 1 amide bonds. The van der Waals surface area contributed by atoms with E-state index >= 15 is 0 Å². The van der Waals surface area contributed by atoms with Gasteiger partial charge in [0.15, 0.2) is 0 Å². The number of benzene rings is 2. The average molecular weight is 345 g/mol. The minimum absolute atomic E-state index is 0.0901. The Kier molecular flexibility index (Phi) is 4.94. The summed E-state index contributed by atoms with van der Waals surface area (Å²) in [5.74, 6) is -0.411.